The van der Waals surface area contributed by atoms with Crippen molar-refractivity contribution < 1.29 is 5.11 Å². The summed E-state index contributed by atoms with van der Waals surface area (Å²) in [5.74, 6) is 1.27. The summed E-state index contributed by atoms with van der Waals surface area (Å²) < 4.78 is 0. The SMILES string of the molecule is CCC(NCC(O)c1ccc(CC(C)C)cc1)C(C)C. The lowest BCUT2D eigenvalue weighted by molar-refractivity contribution is 0.165. The van der Waals surface area contributed by atoms with Crippen molar-refractivity contribution in [3.05, 3.63) is 35.4 Å². The minimum atomic E-state index is -0.420. The van der Waals surface area contributed by atoms with Gasteiger partial charge < -0.3 is 10.4 Å². The van der Waals surface area contributed by atoms with Gasteiger partial charge in [-0.2, -0.15) is 0 Å². The van der Waals surface area contributed by atoms with Crippen LogP contribution in [0.15, 0.2) is 24.3 Å². The number of aliphatic hydroxyl groups excluding tert-OH is 1. The van der Waals surface area contributed by atoms with E-state index in [0.717, 1.165) is 18.4 Å². The van der Waals surface area contributed by atoms with Gasteiger partial charge in [-0.1, -0.05) is 58.9 Å². The molecule has 2 nitrogen and oxygen atoms in total. The van der Waals surface area contributed by atoms with Crippen molar-refractivity contribution in [1.29, 1.82) is 0 Å². The van der Waals surface area contributed by atoms with E-state index in [-0.39, 0.29) is 0 Å². The van der Waals surface area contributed by atoms with Crippen LogP contribution in [0.3, 0.4) is 0 Å². The molecule has 0 fully saturated rings. The second-order valence-corrected chi connectivity index (χ2v) is 6.52. The highest BCUT2D eigenvalue weighted by Gasteiger charge is 2.13. The molecule has 1 rings (SSSR count). The maximum atomic E-state index is 10.3. The van der Waals surface area contributed by atoms with Crippen LogP contribution in [-0.4, -0.2) is 17.7 Å². The molecule has 114 valence electrons. The fourth-order valence-electron chi connectivity index (χ4n) is 2.58. The third kappa shape index (κ3) is 5.64. The molecule has 0 spiro atoms. The summed E-state index contributed by atoms with van der Waals surface area (Å²) in [5.41, 5.74) is 2.35. The first-order valence-corrected chi connectivity index (χ1v) is 7.94. The first kappa shape index (κ1) is 17.2. The lowest BCUT2D eigenvalue weighted by Gasteiger charge is -2.23. The standard InChI is InChI=1S/C18H31NO/c1-6-17(14(4)5)19-12-18(20)16-9-7-15(8-10-16)11-13(2)3/h7-10,13-14,17-20H,6,11-12H2,1-5H3. The Morgan fingerprint density at radius 1 is 1.05 bits per heavy atom. The topological polar surface area (TPSA) is 32.3 Å². The number of hydrogen-bond acceptors (Lipinski definition) is 2. The molecule has 0 amide bonds. The van der Waals surface area contributed by atoms with Crippen molar-refractivity contribution in [2.45, 2.75) is 59.6 Å². The molecule has 0 aliphatic carbocycles. The molecule has 2 unspecified atom stereocenters. The molecule has 0 saturated heterocycles. The van der Waals surface area contributed by atoms with Crippen LogP contribution in [0.4, 0.5) is 0 Å². The van der Waals surface area contributed by atoms with Gasteiger partial charge in [-0.25, -0.2) is 0 Å². The molecule has 0 saturated carbocycles. The Labute approximate surface area is 124 Å². The Morgan fingerprint density at radius 2 is 1.65 bits per heavy atom. The number of benzene rings is 1. The molecule has 20 heavy (non-hydrogen) atoms. The van der Waals surface area contributed by atoms with Crippen LogP contribution >= 0.6 is 0 Å². The minimum Gasteiger partial charge on any atom is -0.387 e. The molecular formula is C18H31NO. The zero-order chi connectivity index (χ0) is 15.1. The van der Waals surface area contributed by atoms with Crippen molar-refractivity contribution in [3.8, 4) is 0 Å². The predicted octanol–water partition coefficient (Wildman–Crippen LogP) is 3.94. The maximum Gasteiger partial charge on any atom is 0.0914 e. The smallest absolute Gasteiger partial charge is 0.0914 e. The molecule has 0 bridgehead atoms. The number of aliphatic hydroxyl groups is 1. The first-order valence-electron chi connectivity index (χ1n) is 7.94. The van der Waals surface area contributed by atoms with Crippen LogP contribution in [0.1, 0.15) is 58.3 Å². The first-order chi connectivity index (χ1) is 9.43. The van der Waals surface area contributed by atoms with Gasteiger partial charge in [0.25, 0.3) is 0 Å². The molecule has 2 atom stereocenters. The average Bonchev–Trinajstić information content (AvgIpc) is 2.39. The summed E-state index contributed by atoms with van der Waals surface area (Å²) in [7, 11) is 0. The molecule has 1 aromatic rings. The van der Waals surface area contributed by atoms with Crippen molar-refractivity contribution in [2.24, 2.45) is 11.8 Å². The fraction of sp³-hybridized carbons (Fsp3) is 0.667. The van der Waals surface area contributed by atoms with Crippen LogP contribution in [0.2, 0.25) is 0 Å². The number of rotatable bonds is 8. The van der Waals surface area contributed by atoms with E-state index in [0.29, 0.717) is 24.4 Å². The van der Waals surface area contributed by atoms with Crippen molar-refractivity contribution in [1.82, 2.24) is 5.32 Å². The summed E-state index contributed by atoms with van der Waals surface area (Å²) >= 11 is 0. The molecular weight excluding hydrogens is 246 g/mol. The lowest BCUT2D eigenvalue weighted by Crippen LogP contribution is -2.36. The molecule has 2 heteroatoms. The molecule has 0 aliphatic heterocycles. The van der Waals surface area contributed by atoms with Crippen molar-refractivity contribution >= 4 is 0 Å². The van der Waals surface area contributed by atoms with Gasteiger partial charge in [-0.3, -0.25) is 0 Å². The Kier molecular flexibility index (Phi) is 7.25. The van der Waals surface area contributed by atoms with Crippen molar-refractivity contribution in [2.75, 3.05) is 6.54 Å². The quantitative estimate of drug-likeness (QED) is 0.754. The van der Waals surface area contributed by atoms with E-state index in [1.165, 1.54) is 5.56 Å². The number of nitrogens with one attached hydrogen (secondary N) is 1. The summed E-state index contributed by atoms with van der Waals surface area (Å²) in [6.07, 6.45) is 1.77. The highest BCUT2D eigenvalue weighted by atomic mass is 16.3. The highest BCUT2D eigenvalue weighted by molar-refractivity contribution is 5.24. The summed E-state index contributed by atoms with van der Waals surface area (Å²) in [6, 6.07) is 8.86. The third-order valence-electron chi connectivity index (χ3n) is 3.83. The van der Waals surface area contributed by atoms with Crippen LogP contribution in [0.5, 0.6) is 0 Å². The number of hydrogen-bond donors (Lipinski definition) is 2. The van der Waals surface area contributed by atoms with E-state index in [1.54, 1.807) is 0 Å². The third-order valence-corrected chi connectivity index (χ3v) is 3.83. The van der Waals surface area contributed by atoms with Gasteiger partial charge in [0.2, 0.25) is 0 Å². The average molecular weight is 277 g/mol. The van der Waals surface area contributed by atoms with E-state index < -0.39 is 6.10 Å². The second kappa shape index (κ2) is 8.43. The Hall–Kier alpha value is -0.860. The van der Waals surface area contributed by atoms with Crippen LogP contribution < -0.4 is 5.32 Å². The molecule has 1 aromatic carbocycles. The highest BCUT2D eigenvalue weighted by Crippen LogP contribution is 2.16. The zero-order valence-corrected chi connectivity index (χ0v) is 13.7. The summed E-state index contributed by atoms with van der Waals surface area (Å²) in [4.78, 5) is 0. The van der Waals surface area contributed by atoms with E-state index in [4.69, 9.17) is 0 Å². The monoisotopic (exact) mass is 277 g/mol. The van der Waals surface area contributed by atoms with Gasteiger partial charge in [-0.05, 0) is 35.8 Å². The second-order valence-electron chi connectivity index (χ2n) is 6.52. The van der Waals surface area contributed by atoms with Gasteiger partial charge in [0.15, 0.2) is 0 Å². The minimum absolute atomic E-state index is 0.420. The maximum absolute atomic E-state index is 10.3. The normalized spacial score (nSPS) is 14.8. The van der Waals surface area contributed by atoms with Crippen LogP contribution in [-0.2, 0) is 6.42 Å². The fourth-order valence-corrected chi connectivity index (χ4v) is 2.58. The Balaban J connectivity index is 2.52. The molecule has 2 N–H and O–H groups in total. The van der Waals surface area contributed by atoms with Gasteiger partial charge >= 0.3 is 0 Å². The molecule has 0 heterocycles. The van der Waals surface area contributed by atoms with E-state index in [1.807, 2.05) is 0 Å². The van der Waals surface area contributed by atoms with Crippen molar-refractivity contribution in [3.63, 3.8) is 0 Å². The largest absolute Gasteiger partial charge is 0.387 e. The predicted molar refractivity (Wildman–Crippen MR) is 86.9 cm³/mol. The van der Waals surface area contributed by atoms with E-state index in [2.05, 4.69) is 64.2 Å². The summed E-state index contributed by atoms with van der Waals surface area (Å²) in [5, 5.41) is 13.7. The van der Waals surface area contributed by atoms with Gasteiger partial charge in [0.05, 0.1) is 6.10 Å². The van der Waals surface area contributed by atoms with Gasteiger partial charge in [-0.15, -0.1) is 0 Å². The van der Waals surface area contributed by atoms with Crippen LogP contribution in [0.25, 0.3) is 0 Å². The summed E-state index contributed by atoms with van der Waals surface area (Å²) in [6.45, 7) is 11.7. The molecule has 0 aromatic heterocycles. The molecule has 0 aliphatic rings. The van der Waals surface area contributed by atoms with Crippen LogP contribution in [0, 0.1) is 11.8 Å². The van der Waals surface area contributed by atoms with E-state index >= 15 is 0 Å². The zero-order valence-electron chi connectivity index (χ0n) is 13.7. The van der Waals surface area contributed by atoms with E-state index in [9.17, 15) is 5.11 Å². The Bertz CT molecular complexity index is 370. The molecule has 0 radical (unpaired) electrons. The lowest BCUT2D eigenvalue weighted by atomic mass is 9.99. The van der Waals surface area contributed by atoms with Gasteiger partial charge in [0.1, 0.15) is 0 Å². The Morgan fingerprint density at radius 3 is 2.10 bits per heavy atom. The van der Waals surface area contributed by atoms with Gasteiger partial charge in [0, 0.05) is 12.6 Å².